The van der Waals surface area contributed by atoms with E-state index in [1.54, 1.807) is 0 Å². The van der Waals surface area contributed by atoms with Gasteiger partial charge in [0.1, 0.15) is 0 Å². The molecule has 1 aliphatic rings. The zero-order valence-electron chi connectivity index (χ0n) is 16.5. The maximum atomic E-state index is 4.82. The molecule has 1 heterocycles. The number of allylic oxidation sites excluding steroid dienone is 4. The van der Waals surface area contributed by atoms with Crippen LogP contribution in [0.15, 0.2) is 65.2 Å². The Balaban J connectivity index is 1.87. The SMILES string of the molecule is Cc1ccc(-c2nc(C3=CC(Br)C(C)C(Br)=C3)nc(-c3ccc(C)cc3)n2)cc1. The predicted octanol–water partition coefficient (Wildman–Crippen LogP) is 6.90. The molecule has 0 radical (unpaired) electrons. The van der Waals surface area contributed by atoms with Gasteiger partial charge >= 0.3 is 0 Å². The number of rotatable bonds is 3. The molecule has 0 N–H and O–H groups in total. The first-order valence-corrected chi connectivity index (χ1v) is 11.2. The Hall–Kier alpha value is -2.11. The third-order valence-corrected chi connectivity index (χ3v) is 7.07. The lowest BCUT2D eigenvalue weighted by molar-refractivity contribution is 0.753. The molecule has 2 aromatic carbocycles. The molecule has 0 aliphatic heterocycles. The van der Waals surface area contributed by atoms with Crippen molar-refractivity contribution in [3.63, 3.8) is 0 Å². The molecule has 0 saturated heterocycles. The second kappa shape index (κ2) is 8.33. The van der Waals surface area contributed by atoms with E-state index < -0.39 is 0 Å². The zero-order chi connectivity index (χ0) is 20.5. The first-order valence-electron chi connectivity index (χ1n) is 9.54. The van der Waals surface area contributed by atoms with Crippen LogP contribution in [0.25, 0.3) is 28.3 Å². The van der Waals surface area contributed by atoms with Crippen LogP contribution >= 0.6 is 31.9 Å². The summed E-state index contributed by atoms with van der Waals surface area (Å²) in [6.45, 7) is 6.33. The summed E-state index contributed by atoms with van der Waals surface area (Å²) in [5, 5.41) is 0. The smallest absolute Gasteiger partial charge is 0.164 e. The summed E-state index contributed by atoms with van der Waals surface area (Å²) in [6.07, 6.45) is 4.28. The number of halogens is 2. The van der Waals surface area contributed by atoms with Gasteiger partial charge in [-0.05, 0) is 19.9 Å². The molecular weight excluding hydrogens is 490 g/mol. The minimum Gasteiger partial charge on any atom is -0.208 e. The number of benzene rings is 2. The molecule has 0 amide bonds. The van der Waals surface area contributed by atoms with Crippen LogP contribution < -0.4 is 0 Å². The molecule has 1 aliphatic carbocycles. The molecule has 0 spiro atoms. The Morgan fingerprint density at radius 2 is 1.17 bits per heavy atom. The molecule has 4 rings (SSSR count). The lowest BCUT2D eigenvalue weighted by Gasteiger charge is -2.21. The van der Waals surface area contributed by atoms with E-state index in [-0.39, 0.29) is 4.83 Å². The summed E-state index contributed by atoms with van der Waals surface area (Å²) < 4.78 is 1.13. The monoisotopic (exact) mass is 509 g/mol. The van der Waals surface area contributed by atoms with Gasteiger partial charge < -0.3 is 0 Å². The molecule has 0 fully saturated rings. The van der Waals surface area contributed by atoms with Crippen LogP contribution in [-0.2, 0) is 0 Å². The summed E-state index contributed by atoms with van der Waals surface area (Å²) in [5.74, 6) is 2.41. The summed E-state index contributed by atoms with van der Waals surface area (Å²) in [6, 6.07) is 16.6. The predicted molar refractivity (Wildman–Crippen MR) is 127 cm³/mol. The van der Waals surface area contributed by atoms with Crippen LogP contribution in [0.3, 0.4) is 0 Å². The van der Waals surface area contributed by atoms with E-state index in [1.165, 1.54) is 11.1 Å². The molecule has 2 unspecified atom stereocenters. The van der Waals surface area contributed by atoms with Crippen molar-refractivity contribution in [3.05, 3.63) is 82.1 Å². The van der Waals surface area contributed by atoms with Gasteiger partial charge in [-0.15, -0.1) is 0 Å². The minimum absolute atomic E-state index is 0.222. The van der Waals surface area contributed by atoms with Crippen molar-refractivity contribution in [1.29, 1.82) is 0 Å². The third kappa shape index (κ3) is 4.41. The van der Waals surface area contributed by atoms with Gasteiger partial charge in [-0.3, -0.25) is 0 Å². The second-order valence-electron chi connectivity index (χ2n) is 7.42. The van der Waals surface area contributed by atoms with Crippen molar-refractivity contribution in [2.24, 2.45) is 5.92 Å². The van der Waals surface area contributed by atoms with Gasteiger partial charge in [-0.25, -0.2) is 15.0 Å². The molecule has 0 bridgehead atoms. The first kappa shape index (κ1) is 20.2. The van der Waals surface area contributed by atoms with E-state index in [0.29, 0.717) is 23.4 Å². The Morgan fingerprint density at radius 3 is 1.62 bits per heavy atom. The number of alkyl halides is 1. The van der Waals surface area contributed by atoms with Crippen molar-refractivity contribution in [2.75, 3.05) is 0 Å². The van der Waals surface area contributed by atoms with Crippen molar-refractivity contribution < 1.29 is 0 Å². The van der Waals surface area contributed by atoms with Crippen molar-refractivity contribution in [1.82, 2.24) is 15.0 Å². The summed E-state index contributed by atoms with van der Waals surface area (Å²) in [4.78, 5) is 14.6. The lowest BCUT2D eigenvalue weighted by Crippen LogP contribution is -2.14. The van der Waals surface area contributed by atoms with Crippen LogP contribution in [0, 0.1) is 19.8 Å². The Labute approximate surface area is 188 Å². The van der Waals surface area contributed by atoms with E-state index >= 15 is 0 Å². The van der Waals surface area contributed by atoms with Crippen molar-refractivity contribution >= 4 is 37.4 Å². The number of aromatic nitrogens is 3. The topological polar surface area (TPSA) is 38.7 Å². The summed E-state index contributed by atoms with van der Waals surface area (Å²) in [7, 11) is 0. The van der Waals surface area contributed by atoms with Gasteiger partial charge in [0, 0.05) is 31.9 Å². The highest BCUT2D eigenvalue weighted by Gasteiger charge is 2.22. The van der Waals surface area contributed by atoms with E-state index in [9.17, 15) is 0 Å². The standard InChI is InChI=1S/C24H21Br2N3/c1-14-4-8-17(9-5-14)22-27-23(18-10-6-15(2)7-11-18)29-24(28-22)19-12-20(25)16(3)21(26)13-19/h4-13,16,20H,1-3H3. The number of nitrogens with zero attached hydrogens (tertiary/aromatic N) is 3. The number of hydrogen-bond donors (Lipinski definition) is 0. The summed E-state index contributed by atoms with van der Waals surface area (Å²) in [5.41, 5.74) is 5.37. The van der Waals surface area contributed by atoms with Crippen molar-refractivity contribution in [2.45, 2.75) is 25.6 Å². The van der Waals surface area contributed by atoms with Gasteiger partial charge in [-0.2, -0.15) is 0 Å². The van der Waals surface area contributed by atoms with Crippen molar-refractivity contribution in [3.8, 4) is 22.8 Å². The van der Waals surface area contributed by atoms with Crippen LogP contribution in [0.4, 0.5) is 0 Å². The Kier molecular flexibility index (Phi) is 5.79. The second-order valence-corrected chi connectivity index (χ2v) is 9.40. The average Bonchev–Trinajstić information content (AvgIpc) is 2.72. The van der Waals surface area contributed by atoms with E-state index in [4.69, 9.17) is 15.0 Å². The Morgan fingerprint density at radius 1 is 0.724 bits per heavy atom. The van der Waals surface area contributed by atoms with Crippen LogP contribution in [-0.4, -0.2) is 19.8 Å². The maximum Gasteiger partial charge on any atom is 0.164 e. The fourth-order valence-corrected chi connectivity index (χ4v) is 4.56. The van der Waals surface area contributed by atoms with Gasteiger partial charge in [-0.1, -0.05) is 105 Å². The molecular formula is C24H21Br2N3. The number of hydrogen-bond acceptors (Lipinski definition) is 3. The third-order valence-electron chi connectivity index (χ3n) is 5.06. The fraction of sp³-hybridized carbons (Fsp3) is 0.208. The molecule has 5 heteroatoms. The van der Waals surface area contributed by atoms with E-state index in [0.717, 1.165) is 21.2 Å². The highest BCUT2D eigenvalue weighted by molar-refractivity contribution is 9.12. The molecule has 2 atom stereocenters. The van der Waals surface area contributed by atoms with Gasteiger partial charge in [0.15, 0.2) is 17.5 Å². The minimum atomic E-state index is 0.222. The van der Waals surface area contributed by atoms with E-state index in [1.807, 2.05) is 0 Å². The van der Waals surface area contributed by atoms with Gasteiger partial charge in [0.05, 0.1) is 0 Å². The maximum absolute atomic E-state index is 4.82. The van der Waals surface area contributed by atoms with Crippen LogP contribution in [0.5, 0.6) is 0 Å². The van der Waals surface area contributed by atoms with Gasteiger partial charge in [0.2, 0.25) is 0 Å². The molecule has 3 aromatic rings. The Bertz CT molecular complexity index is 1040. The fourth-order valence-electron chi connectivity index (χ4n) is 3.10. The number of aryl methyl sites for hydroxylation is 2. The van der Waals surface area contributed by atoms with Crippen LogP contribution in [0.2, 0.25) is 0 Å². The largest absolute Gasteiger partial charge is 0.208 e. The molecule has 0 saturated carbocycles. The quantitative estimate of drug-likeness (QED) is 0.360. The molecule has 29 heavy (non-hydrogen) atoms. The van der Waals surface area contributed by atoms with E-state index in [2.05, 4.69) is 113 Å². The van der Waals surface area contributed by atoms with Gasteiger partial charge in [0.25, 0.3) is 0 Å². The summed E-state index contributed by atoms with van der Waals surface area (Å²) >= 11 is 7.45. The molecule has 3 nitrogen and oxygen atoms in total. The molecule has 1 aromatic heterocycles. The molecule has 146 valence electrons. The lowest BCUT2D eigenvalue weighted by atomic mass is 9.98. The normalized spacial score (nSPS) is 18.9. The highest BCUT2D eigenvalue weighted by atomic mass is 79.9. The highest BCUT2D eigenvalue weighted by Crippen LogP contribution is 2.35. The first-order chi connectivity index (χ1) is 13.9. The average molecular weight is 511 g/mol. The zero-order valence-corrected chi connectivity index (χ0v) is 19.7. The van der Waals surface area contributed by atoms with Crippen LogP contribution in [0.1, 0.15) is 23.9 Å².